The first-order valence-corrected chi connectivity index (χ1v) is 8.26. The molecule has 0 aromatic carbocycles. The van der Waals surface area contributed by atoms with E-state index < -0.39 is 5.60 Å². The van der Waals surface area contributed by atoms with Crippen molar-refractivity contribution in [2.45, 2.75) is 68.4 Å². The van der Waals surface area contributed by atoms with Crippen LogP contribution in [0.25, 0.3) is 0 Å². The van der Waals surface area contributed by atoms with Gasteiger partial charge < -0.3 is 10.8 Å². The summed E-state index contributed by atoms with van der Waals surface area (Å²) < 4.78 is 0. The van der Waals surface area contributed by atoms with Crippen molar-refractivity contribution >= 4 is 17.4 Å². The summed E-state index contributed by atoms with van der Waals surface area (Å²) in [5.74, 6) is 7.07. The van der Waals surface area contributed by atoms with Gasteiger partial charge in [0.25, 0.3) is 0 Å². The minimum atomic E-state index is -1.24. The van der Waals surface area contributed by atoms with Gasteiger partial charge in [-0.25, -0.2) is 0 Å². The molecule has 0 aromatic heterocycles. The van der Waals surface area contributed by atoms with Gasteiger partial charge in [-0.05, 0) is 32.1 Å². The van der Waals surface area contributed by atoms with Gasteiger partial charge in [-0.15, -0.1) is 11.6 Å². The highest BCUT2D eigenvalue weighted by Crippen LogP contribution is 2.41. The van der Waals surface area contributed by atoms with Crippen molar-refractivity contribution in [3.8, 4) is 11.8 Å². The van der Waals surface area contributed by atoms with E-state index in [0.717, 1.165) is 32.1 Å². The van der Waals surface area contributed by atoms with Crippen LogP contribution in [0.3, 0.4) is 0 Å². The van der Waals surface area contributed by atoms with E-state index in [0.29, 0.717) is 11.8 Å². The van der Waals surface area contributed by atoms with Crippen molar-refractivity contribution < 1.29 is 5.11 Å². The monoisotopic (exact) mass is 294 g/mol. The molecule has 4 atom stereocenters. The molecule has 1 heterocycles. The summed E-state index contributed by atoms with van der Waals surface area (Å²) in [5, 5.41) is 11.0. The second-order valence-corrected chi connectivity index (χ2v) is 7.09. The number of rotatable bonds is 0. The zero-order chi connectivity index (χ0) is 14.2. The van der Waals surface area contributed by atoms with Crippen molar-refractivity contribution in [2.24, 2.45) is 22.6 Å². The van der Waals surface area contributed by atoms with Crippen LogP contribution in [0.2, 0.25) is 0 Å². The Bertz CT molecular complexity index is 461. The number of alkyl halides is 1. The Balaban J connectivity index is 1.79. The van der Waals surface area contributed by atoms with E-state index in [2.05, 4.69) is 16.8 Å². The molecule has 3 rings (SSSR count). The second kappa shape index (κ2) is 5.58. The molecule has 2 fully saturated rings. The molecule has 0 saturated heterocycles. The molecule has 0 radical (unpaired) electrons. The maximum atomic E-state index is 10.9. The maximum Gasteiger partial charge on any atom is 0.187 e. The largest absolute Gasteiger partial charge is 0.384 e. The number of amidine groups is 1. The average molecular weight is 295 g/mol. The molecule has 2 saturated carbocycles. The molecule has 110 valence electrons. The Labute approximate surface area is 126 Å². The Morgan fingerprint density at radius 1 is 1.20 bits per heavy atom. The molecule has 4 unspecified atom stereocenters. The number of hydrogen-bond donors (Lipinski definition) is 2. The minimum Gasteiger partial charge on any atom is -0.384 e. The Hall–Kier alpha value is -0.720. The van der Waals surface area contributed by atoms with Gasteiger partial charge in [-0.3, -0.25) is 4.99 Å². The van der Waals surface area contributed by atoms with E-state index in [1.807, 2.05) is 0 Å². The lowest BCUT2D eigenvalue weighted by Gasteiger charge is -2.33. The van der Waals surface area contributed by atoms with Gasteiger partial charge in [0.2, 0.25) is 0 Å². The van der Waals surface area contributed by atoms with E-state index in [9.17, 15) is 5.11 Å². The van der Waals surface area contributed by atoms with Gasteiger partial charge in [-0.1, -0.05) is 31.1 Å². The first kappa shape index (κ1) is 14.2. The first-order chi connectivity index (χ1) is 9.59. The quantitative estimate of drug-likeness (QED) is 0.532. The molecule has 0 bridgehead atoms. The van der Waals surface area contributed by atoms with Gasteiger partial charge in [0.1, 0.15) is 5.84 Å². The molecule has 4 heteroatoms. The number of nitrogens with two attached hydrogens (primary N) is 1. The smallest absolute Gasteiger partial charge is 0.187 e. The molecule has 3 aliphatic rings. The van der Waals surface area contributed by atoms with Gasteiger partial charge in [-0.2, -0.15) is 0 Å². The molecule has 0 aromatic rings. The summed E-state index contributed by atoms with van der Waals surface area (Å²) >= 11 is 6.26. The van der Waals surface area contributed by atoms with E-state index in [4.69, 9.17) is 17.3 Å². The van der Waals surface area contributed by atoms with E-state index >= 15 is 0 Å². The third-order valence-corrected chi connectivity index (χ3v) is 5.45. The molecule has 0 spiro atoms. The molecule has 3 nitrogen and oxygen atoms in total. The topological polar surface area (TPSA) is 58.6 Å². The van der Waals surface area contributed by atoms with Crippen molar-refractivity contribution in [3.63, 3.8) is 0 Å². The summed E-state index contributed by atoms with van der Waals surface area (Å²) in [4.78, 5) is 4.45. The maximum absolute atomic E-state index is 10.9. The standard InChI is InChI=1S/C16H23ClN2O/c17-12-6-7-14-13(10-12)16(20,15(18)19-14)9-8-11-4-2-1-3-5-11/h11-14,20H,1-7,10H2,(H2,18,19). The molecule has 0 amide bonds. The van der Waals surface area contributed by atoms with Gasteiger partial charge in [0.15, 0.2) is 5.60 Å². The number of halogens is 1. The first-order valence-electron chi connectivity index (χ1n) is 7.82. The van der Waals surface area contributed by atoms with Crippen LogP contribution in [0.4, 0.5) is 0 Å². The van der Waals surface area contributed by atoms with Crippen LogP contribution >= 0.6 is 11.6 Å². The lowest BCUT2D eigenvalue weighted by Crippen LogP contribution is -2.48. The van der Waals surface area contributed by atoms with Crippen LogP contribution in [0.15, 0.2) is 4.99 Å². The van der Waals surface area contributed by atoms with Crippen LogP contribution in [0.1, 0.15) is 51.4 Å². The van der Waals surface area contributed by atoms with Crippen LogP contribution in [0, 0.1) is 23.7 Å². The molecular formula is C16H23ClN2O. The summed E-state index contributed by atoms with van der Waals surface area (Å²) in [6.07, 6.45) is 8.71. The number of aliphatic hydroxyl groups is 1. The fourth-order valence-corrected chi connectivity index (χ4v) is 4.11. The van der Waals surface area contributed by atoms with Crippen molar-refractivity contribution in [3.05, 3.63) is 0 Å². The van der Waals surface area contributed by atoms with Crippen molar-refractivity contribution in [2.75, 3.05) is 0 Å². The third-order valence-electron chi connectivity index (χ3n) is 5.05. The summed E-state index contributed by atoms with van der Waals surface area (Å²) in [6.45, 7) is 0. The molecule has 2 aliphatic carbocycles. The SMILES string of the molecule is NC1=NC2CCC(Cl)CC2C1(O)C#CC1CCCCC1. The predicted molar refractivity (Wildman–Crippen MR) is 81.7 cm³/mol. The summed E-state index contributed by atoms with van der Waals surface area (Å²) in [6, 6.07) is 0.107. The summed E-state index contributed by atoms with van der Waals surface area (Å²) in [5.41, 5.74) is 4.75. The highest BCUT2D eigenvalue weighted by atomic mass is 35.5. The van der Waals surface area contributed by atoms with E-state index in [-0.39, 0.29) is 17.3 Å². The van der Waals surface area contributed by atoms with Gasteiger partial charge in [0.05, 0.1) is 6.04 Å². The average Bonchev–Trinajstić information content (AvgIpc) is 2.71. The number of nitrogens with zero attached hydrogens (tertiary/aromatic N) is 1. The van der Waals surface area contributed by atoms with Crippen molar-refractivity contribution in [1.29, 1.82) is 0 Å². The van der Waals surface area contributed by atoms with Crippen LogP contribution in [0.5, 0.6) is 0 Å². The zero-order valence-corrected chi connectivity index (χ0v) is 12.6. The van der Waals surface area contributed by atoms with Crippen LogP contribution in [-0.4, -0.2) is 28.0 Å². The molecule has 1 aliphatic heterocycles. The predicted octanol–water partition coefficient (Wildman–Crippen LogP) is 2.45. The van der Waals surface area contributed by atoms with Crippen LogP contribution in [-0.2, 0) is 0 Å². The Morgan fingerprint density at radius 2 is 1.95 bits per heavy atom. The van der Waals surface area contributed by atoms with E-state index in [1.165, 1.54) is 19.3 Å². The second-order valence-electron chi connectivity index (χ2n) is 6.47. The fraction of sp³-hybridized carbons (Fsp3) is 0.812. The van der Waals surface area contributed by atoms with Gasteiger partial charge >= 0.3 is 0 Å². The fourth-order valence-electron chi connectivity index (χ4n) is 3.79. The van der Waals surface area contributed by atoms with Gasteiger partial charge in [0, 0.05) is 17.2 Å². The lowest BCUT2D eigenvalue weighted by atomic mass is 9.75. The molecular weight excluding hydrogens is 272 g/mol. The zero-order valence-electron chi connectivity index (χ0n) is 11.8. The normalized spacial score (nSPS) is 41.5. The summed E-state index contributed by atoms with van der Waals surface area (Å²) in [7, 11) is 0. The van der Waals surface area contributed by atoms with Crippen molar-refractivity contribution in [1.82, 2.24) is 0 Å². The molecule has 3 N–H and O–H groups in total. The number of aliphatic imine (C=N–C) groups is 1. The lowest BCUT2D eigenvalue weighted by molar-refractivity contribution is 0.0852. The van der Waals surface area contributed by atoms with Crippen LogP contribution < -0.4 is 5.73 Å². The molecule has 20 heavy (non-hydrogen) atoms. The number of hydrogen-bond acceptors (Lipinski definition) is 3. The number of fused-ring (bicyclic) bond motifs is 1. The van der Waals surface area contributed by atoms with E-state index in [1.54, 1.807) is 0 Å². The third kappa shape index (κ3) is 2.56. The highest BCUT2D eigenvalue weighted by Gasteiger charge is 2.51. The Morgan fingerprint density at radius 3 is 2.70 bits per heavy atom. The minimum absolute atomic E-state index is 0.0187. The highest BCUT2D eigenvalue weighted by molar-refractivity contribution is 6.20. The Kier molecular flexibility index (Phi) is 3.97.